The molecule has 0 bridgehead atoms. The Bertz CT molecular complexity index is 1130. The van der Waals surface area contributed by atoms with Crippen LogP contribution in [0.2, 0.25) is 0 Å². The molecular weight excluding hydrogens is 442 g/mol. The molecule has 0 aliphatic rings. The highest BCUT2D eigenvalue weighted by Gasteiger charge is 2.07. The number of thiazole rings is 1. The second kappa shape index (κ2) is 10.6. The first-order valence-corrected chi connectivity index (χ1v) is 12.6. The van der Waals surface area contributed by atoms with E-state index in [1.165, 1.54) is 5.56 Å². The average Bonchev–Trinajstić information content (AvgIpc) is 3.23. The highest BCUT2D eigenvalue weighted by Crippen LogP contribution is 2.25. The fourth-order valence-corrected chi connectivity index (χ4v) is 5.16. The predicted octanol–water partition coefficient (Wildman–Crippen LogP) is 6.68. The van der Waals surface area contributed by atoms with Crippen LogP contribution in [0.25, 0.3) is 0 Å². The number of aromatic nitrogens is 2. The van der Waals surface area contributed by atoms with E-state index < -0.39 is 0 Å². The molecule has 1 amide bonds. The van der Waals surface area contributed by atoms with E-state index in [-0.39, 0.29) is 5.91 Å². The van der Waals surface area contributed by atoms with Crippen LogP contribution < -0.4 is 5.32 Å². The van der Waals surface area contributed by atoms with Gasteiger partial charge in [0.2, 0.25) is 0 Å². The molecular formula is C24H21N3OS3. The Morgan fingerprint density at radius 2 is 1.68 bits per heavy atom. The second-order valence-electron chi connectivity index (χ2n) is 6.80. The molecule has 0 aliphatic carbocycles. The van der Waals surface area contributed by atoms with Crippen LogP contribution in [0.4, 0.5) is 5.69 Å². The molecule has 0 aliphatic heterocycles. The lowest BCUT2D eigenvalue weighted by atomic mass is 10.2. The summed E-state index contributed by atoms with van der Waals surface area (Å²) in [5.41, 5.74) is 3.71. The average molecular weight is 464 g/mol. The van der Waals surface area contributed by atoms with Gasteiger partial charge in [0.15, 0.2) is 0 Å². The van der Waals surface area contributed by atoms with E-state index in [2.05, 4.69) is 26.7 Å². The highest BCUT2D eigenvalue weighted by molar-refractivity contribution is 7.98. The molecule has 2 aromatic carbocycles. The Morgan fingerprint density at radius 1 is 0.968 bits per heavy atom. The van der Waals surface area contributed by atoms with Crippen molar-refractivity contribution in [3.05, 3.63) is 100 Å². The summed E-state index contributed by atoms with van der Waals surface area (Å²) in [5.74, 6) is 1.59. The van der Waals surface area contributed by atoms with Crippen LogP contribution in [-0.4, -0.2) is 15.9 Å². The number of benzene rings is 2. The molecule has 0 unspecified atom stereocenters. The second-order valence-corrected chi connectivity index (χ2v) is 9.96. The Morgan fingerprint density at radius 3 is 2.32 bits per heavy atom. The molecule has 7 heteroatoms. The molecule has 0 radical (unpaired) electrons. The van der Waals surface area contributed by atoms with Crippen molar-refractivity contribution in [2.75, 3.05) is 5.32 Å². The van der Waals surface area contributed by atoms with Crippen molar-refractivity contribution in [2.24, 2.45) is 0 Å². The van der Waals surface area contributed by atoms with Crippen LogP contribution in [0, 0.1) is 6.92 Å². The molecule has 0 fully saturated rings. The number of carbonyl (C=O) groups is 1. The van der Waals surface area contributed by atoms with E-state index in [0.29, 0.717) is 5.56 Å². The van der Waals surface area contributed by atoms with Gasteiger partial charge < -0.3 is 5.32 Å². The summed E-state index contributed by atoms with van der Waals surface area (Å²) >= 11 is 5.13. The minimum absolute atomic E-state index is 0.109. The lowest BCUT2D eigenvalue weighted by Gasteiger charge is -2.07. The van der Waals surface area contributed by atoms with Gasteiger partial charge in [-0.1, -0.05) is 6.07 Å². The van der Waals surface area contributed by atoms with Gasteiger partial charge in [-0.05, 0) is 67.1 Å². The van der Waals surface area contributed by atoms with Crippen LogP contribution in [0.5, 0.6) is 0 Å². The van der Waals surface area contributed by atoms with Gasteiger partial charge in [-0.15, -0.1) is 34.9 Å². The highest BCUT2D eigenvalue weighted by atomic mass is 32.2. The Hall–Kier alpha value is -2.61. The van der Waals surface area contributed by atoms with Crippen LogP contribution in [0.1, 0.15) is 26.6 Å². The number of rotatable bonds is 8. The van der Waals surface area contributed by atoms with Gasteiger partial charge in [-0.25, -0.2) is 4.98 Å². The molecule has 0 spiro atoms. The third-order valence-corrected chi connectivity index (χ3v) is 7.36. The van der Waals surface area contributed by atoms with E-state index in [4.69, 9.17) is 0 Å². The maximum Gasteiger partial charge on any atom is 0.255 e. The Balaban J connectivity index is 1.28. The molecule has 2 aromatic heterocycles. The molecule has 1 N–H and O–H groups in total. The van der Waals surface area contributed by atoms with Crippen LogP contribution in [0.15, 0.2) is 88.2 Å². The van der Waals surface area contributed by atoms with Gasteiger partial charge in [0, 0.05) is 50.3 Å². The van der Waals surface area contributed by atoms with Gasteiger partial charge in [-0.2, -0.15) is 0 Å². The Labute approximate surface area is 194 Å². The number of hydrogen-bond acceptors (Lipinski definition) is 6. The van der Waals surface area contributed by atoms with Crippen molar-refractivity contribution in [1.29, 1.82) is 0 Å². The molecule has 0 saturated carbocycles. The van der Waals surface area contributed by atoms with E-state index >= 15 is 0 Å². The summed E-state index contributed by atoms with van der Waals surface area (Å²) in [5, 5.41) is 6.14. The lowest BCUT2D eigenvalue weighted by molar-refractivity contribution is 0.102. The van der Waals surface area contributed by atoms with Crippen molar-refractivity contribution in [3.63, 3.8) is 0 Å². The van der Waals surface area contributed by atoms with Crippen LogP contribution >= 0.6 is 34.9 Å². The Kier molecular flexibility index (Phi) is 7.40. The first kappa shape index (κ1) is 21.6. The topological polar surface area (TPSA) is 54.9 Å². The van der Waals surface area contributed by atoms with Crippen molar-refractivity contribution >= 4 is 46.5 Å². The van der Waals surface area contributed by atoms with Crippen molar-refractivity contribution in [1.82, 2.24) is 9.97 Å². The first-order chi connectivity index (χ1) is 15.2. The summed E-state index contributed by atoms with van der Waals surface area (Å²) in [6, 6.07) is 19.6. The van der Waals surface area contributed by atoms with Gasteiger partial charge in [-0.3, -0.25) is 9.78 Å². The number of thioether (sulfide) groups is 2. The van der Waals surface area contributed by atoms with E-state index in [1.807, 2.05) is 67.7 Å². The summed E-state index contributed by atoms with van der Waals surface area (Å²) in [4.78, 5) is 23.5. The van der Waals surface area contributed by atoms with Gasteiger partial charge >= 0.3 is 0 Å². The molecule has 4 nitrogen and oxygen atoms in total. The number of nitrogens with zero attached hydrogens (tertiary/aromatic N) is 2. The summed E-state index contributed by atoms with van der Waals surface area (Å²) in [6.45, 7) is 2.01. The van der Waals surface area contributed by atoms with Crippen LogP contribution in [-0.2, 0) is 11.5 Å². The summed E-state index contributed by atoms with van der Waals surface area (Å²) in [6.07, 6.45) is 3.66. The molecule has 4 rings (SSSR count). The number of carbonyl (C=O) groups excluding carboxylic acids is 1. The van der Waals surface area contributed by atoms with Crippen LogP contribution in [0.3, 0.4) is 0 Å². The zero-order chi connectivity index (χ0) is 21.5. The fourth-order valence-electron chi connectivity index (χ4n) is 2.82. The fraction of sp³-hybridized carbons (Fsp3) is 0.125. The number of hydrogen-bond donors (Lipinski definition) is 1. The predicted molar refractivity (Wildman–Crippen MR) is 131 cm³/mol. The van der Waals surface area contributed by atoms with Gasteiger partial charge in [0.1, 0.15) is 0 Å². The van der Waals surface area contributed by atoms with E-state index in [0.717, 1.165) is 37.7 Å². The zero-order valence-electron chi connectivity index (χ0n) is 16.9. The molecule has 0 saturated heterocycles. The van der Waals surface area contributed by atoms with Crippen molar-refractivity contribution in [3.8, 4) is 0 Å². The molecule has 156 valence electrons. The van der Waals surface area contributed by atoms with Gasteiger partial charge in [0.25, 0.3) is 5.91 Å². The maximum absolute atomic E-state index is 12.6. The monoisotopic (exact) mass is 463 g/mol. The normalized spacial score (nSPS) is 10.7. The number of pyridine rings is 1. The van der Waals surface area contributed by atoms with Crippen molar-refractivity contribution < 1.29 is 4.79 Å². The maximum atomic E-state index is 12.6. The lowest BCUT2D eigenvalue weighted by Crippen LogP contribution is -2.11. The number of anilines is 1. The first-order valence-electron chi connectivity index (χ1n) is 9.73. The van der Waals surface area contributed by atoms with Gasteiger partial charge in [0.05, 0.1) is 10.7 Å². The zero-order valence-corrected chi connectivity index (χ0v) is 19.4. The number of nitrogens with one attached hydrogen (secondary N) is 1. The summed E-state index contributed by atoms with van der Waals surface area (Å²) in [7, 11) is 0. The minimum Gasteiger partial charge on any atom is -0.322 e. The van der Waals surface area contributed by atoms with E-state index in [1.54, 1.807) is 41.1 Å². The van der Waals surface area contributed by atoms with E-state index in [9.17, 15) is 4.79 Å². The molecule has 4 aromatic rings. The third-order valence-electron chi connectivity index (χ3n) is 4.41. The third kappa shape index (κ3) is 6.43. The smallest absolute Gasteiger partial charge is 0.255 e. The van der Waals surface area contributed by atoms with Crippen molar-refractivity contribution in [2.45, 2.75) is 28.2 Å². The molecule has 0 atom stereocenters. The number of aryl methyl sites for hydroxylation is 1. The summed E-state index contributed by atoms with van der Waals surface area (Å²) < 4.78 is 0. The molecule has 31 heavy (non-hydrogen) atoms. The molecule has 2 heterocycles. The number of amides is 1. The standard InChI is InChI=1S/C24H21N3OS3/c1-17-26-21(15-29-17)16-31-22-8-4-19(5-9-22)24(28)27-20-6-10-23(11-7-20)30-14-18-3-2-12-25-13-18/h2-13,15H,14,16H2,1H3,(H,27,28). The minimum atomic E-state index is -0.109. The largest absolute Gasteiger partial charge is 0.322 e. The SMILES string of the molecule is Cc1nc(CSc2ccc(C(=O)Nc3ccc(SCc4cccnc4)cc3)cc2)cs1. The quantitative estimate of drug-likeness (QED) is 0.295.